The summed E-state index contributed by atoms with van der Waals surface area (Å²) in [6.07, 6.45) is -2.66. The number of aliphatic hydroxyl groups excluding tert-OH is 1. The van der Waals surface area contributed by atoms with Crippen molar-refractivity contribution in [2.24, 2.45) is 29.6 Å². The minimum absolute atomic E-state index is 0.0548. The molecule has 1 fully saturated rings. The SMILES string of the molecule is CC[C@H](C)[C@H]1C(=O)N[C@@H](C)C(=O)N(C)[C@@H](CC(C)C)C(=O)N[C@@H](Cc2ccc(OC)cc2)C(=O)N(C)[C@H](C)C(=O)O[C@H](C)[C@H](N(C)C(=O)[C@H](CC(C)C)N(C)C(=O)[C@H](CO)N(C)C(=O)[C@H](OC(=O)[C@H](C(C)C)N(C)C)C(C)C)C(=O)N(C)[C@@H](COC(C)(C)C)C(=O)N1C. The highest BCUT2D eigenvalue weighted by molar-refractivity contribution is 5.99. The number of nitrogens with zero attached hydrogens (tertiary/aromatic N) is 8. The molecule has 26 heteroatoms. The maximum Gasteiger partial charge on any atom is 0.328 e. The van der Waals surface area contributed by atoms with E-state index in [1.807, 2.05) is 34.6 Å². The zero-order chi connectivity index (χ0) is 71.8. The molecule has 26 nitrogen and oxygen atoms in total. The van der Waals surface area contributed by atoms with Crippen LogP contribution in [0.1, 0.15) is 136 Å². The van der Waals surface area contributed by atoms with E-state index in [1.165, 1.54) is 87.0 Å². The molecule has 1 aliphatic heterocycles. The molecular weight excluding hydrogens is 1200 g/mol. The average Bonchev–Trinajstić information content (AvgIpc) is 0.838. The molecular formula is C67H114N10O16. The Morgan fingerprint density at radius 2 is 1.22 bits per heavy atom. The third-order valence-corrected chi connectivity index (χ3v) is 17.4. The van der Waals surface area contributed by atoms with E-state index in [2.05, 4.69) is 10.6 Å². The van der Waals surface area contributed by atoms with Gasteiger partial charge in [0.1, 0.15) is 72.3 Å². The Hall–Kier alpha value is -6.93. The van der Waals surface area contributed by atoms with Gasteiger partial charge in [-0.1, -0.05) is 87.8 Å². The molecule has 1 aromatic rings. The number of nitrogens with one attached hydrogen (secondary N) is 2. The van der Waals surface area contributed by atoms with Crippen LogP contribution in [0.4, 0.5) is 0 Å². The van der Waals surface area contributed by atoms with Gasteiger partial charge in [-0.3, -0.25) is 52.8 Å². The lowest BCUT2D eigenvalue weighted by Gasteiger charge is -2.42. The summed E-state index contributed by atoms with van der Waals surface area (Å²) in [6, 6.07) is -6.93. The summed E-state index contributed by atoms with van der Waals surface area (Å²) in [6.45, 7) is 25.8. The van der Waals surface area contributed by atoms with Gasteiger partial charge in [-0.15, -0.1) is 0 Å². The van der Waals surface area contributed by atoms with E-state index in [4.69, 9.17) is 18.9 Å². The van der Waals surface area contributed by atoms with Crippen molar-refractivity contribution in [2.45, 2.75) is 215 Å². The van der Waals surface area contributed by atoms with Crippen molar-refractivity contribution in [1.29, 1.82) is 0 Å². The molecule has 0 spiro atoms. The van der Waals surface area contributed by atoms with Crippen molar-refractivity contribution >= 4 is 65.1 Å². The van der Waals surface area contributed by atoms with Crippen LogP contribution in [0.25, 0.3) is 0 Å². The fourth-order valence-corrected chi connectivity index (χ4v) is 11.3. The molecule has 0 aliphatic carbocycles. The Bertz CT molecular complexity index is 2710. The molecule has 0 aromatic heterocycles. The summed E-state index contributed by atoms with van der Waals surface area (Å²) in [5.41, 5.74) is -0.326. The number of esters is 2. The molecule has 1 aliphatic rings. The number of likely N-dealkylation sites (N-methyl/N-ethyl adjacent to an activating group) is 8. The molecule has 528 valence electrons. The van der Waals surface area contributed by atoms with Gasteiger partial charge in [0, 0.05) is 55.8 Å². The Kier molecular flexibility index (Phi) is 31.9. The summed E-state index contributed by atoms with van der Waals surface area (Å²) >= 11 is 0. The highest BCUT2D eigenvalue weighted by atomic mass is 16.6. The van der Waals surface area contributed by atoms with E-state index >= 15 is 14.4 Å². The number of hydrogen-bond donors (Lipinski definition) is 3. The normalized spacial score (nSPS) is 23.2. The van der Waals surface area contributed by atoms with Crippen LogP contribution in [0.15, 0.2) is 24.3 Å². The van der Waals surface area contributed by atoms with Crippen molar-refractivity contribution in [3.63, 3.8) is 0 Å². The lowest BCUT2D eigenvalue weighted by Crippen LogP contribution is -2.64. The summed E-state index contributed by atoms with van der Waals surface area (Å²) < 4.78 is 23.6. The topological polar surface area (TPSA) is 295 Å². The number of methoxy groups -OCH3 is 1. The predicted octanol–water partition coefficient (Wildman–Crippen LogP) is 3.08. The van der Waals surface area contributed by atoms with E-state index in [0.717, 1.165) is 24.5 Å². The summed E-state index contributed by atoms with van der Waals surface area (Å²) in [4.78, 5) is 173. The average molecular weight is 1320 g/mol. The first-order chi connectivity index (χ1) is 42.9. The molecule has 0 unspecified atom stereocenters. The van der Waals surface area contributed by atoms with Crippen LogP contribution in [0, 0.1) is 29.6 Å². The van der Waals surface area contributed by atoms with Gasteiger partial charge in [0.25, 0.3) is 5.91 Å². The Balaban J connectivity index is 3.08. The van der Waals surface area contributed by atoms with E-state index in [0.29, 0.717) is 17.7 Å². The molecule has 1 saturated heterocycles. The maximum atomic E-state index is 15.8. The van der Waals surface area contributed by atoms with Crippen LogP contribution in [-0.2, 0) is 73.4 Å². The summed E-state index contributed by atoms with van der Waals surface area (Å²) in [5, 5.41) is 16.6. The Labute approximate surface area is 553 Å². The molecule has 0 bridgehead atoms. The Morgan fingerprint density at radius 1 is 0.667 bits per heavy atom. The van der Waals surface area contributed by atoms with Crippen molar-refractivity contribution in [3.8, 4) is 5.75 Å². The number of carbonyl (C=O) groups excluding carboxylic acids is 11. The second-order valence-electron chi connectivity index (χ2n) is 27.8. The largest absolute Gasteiger partial charge is 0.497 e. The van der Waals surface area contributed by atoms with Gasteiger partial charge in [0.05, 0.1) is 25.9 Å². The fraction of sp³-hybridized carbons (Fsp3) is 0.746. The molecule has 13 atom stereocenters. The van der Waals surface area contributed by atoms with Crippen LogP contribution in [-0.4, -0.2) is 271 Å². The third-order valence-electron chi connectivity index (χ3n) is 17.4. The molecule has 9 amide bonds. The van der Waals surface area contributed by atoms with Gasteiger partial charge in [-0.05, 0) is 116 Å². The van der Waals surface area contributed by atoms with Gasteiger partial charge in [-0.25, -0.2) is 4.79 Å². The zero-order valence-electron chi connectivity index (χ0n) is 60.5. The van der Waals surface area contributed by atoms with Gasteiger partial charge in [-0.2, -0.15) is 0 Å². The van der Waals surface area contributed by atoms with Crippen molar-refractivity contribution in [3.05, 3.63) is 29.8 Å². The minimum Gasteiger partial charge on any atom is -0.497 e. The van der Waals surface area contributed by atoms with Crippen LogP contribution in [0.2, 0.25) is 0 Å². The number of aliphatic hydroxyl groups is 1. The standard InChI is InChI=1S/C67H114N10O16/c1-27-41(10)53-57(80)68-42(11)58(81)72(20)48(32-37(2)3)56(79)69-47(34-45-28-30-46(90-26)31-29-45)59(82)71(19)43(12)65(88)92-44(13)54(63(86)75(23)51(62(85)76(53)24)36-91-67(14,15)16)77(25)60(83)49(33-38(4)5)73(21)61(84)50(35-78)74(22)64(87)55(40(8)9)93-66(89)52(39(6)7)70(17)18/h28-31,37-44,47-55,78H,27,32-36H2,1-26H3,(H,68,80)(H,69,79)/t41-,42-,43+,44+,47-,48-,49-,50-,51-,52-,53-,54-,55+/m0/s1. The number of amides is 9. The molecule has 0 saturated carbocycles. The highest BCUT2D eigenvalue weighted by Gasteiger charge is 2.47. The van der Waals surface area contributed by atoms with Crippen LogP contribution < -0.4 is 15.4 Å². The van der Waals surface area contributed by atoms with E-state index in [-0.39, 0.29) is 37.0 Å². The second-order valence-corrected chi connectivity index (χ2v) is 27.8. The van der Waals surface area contributed by atoms with Gasteiger partial charge in [0.15, 0.2) is 6.10 Å². The molecule has 0 radical (unpaired) electrons. The number of hydrogen-bond acceptors (Lipinski definition) is 17. The highest BCUT2D eigenvalue weighted by Crippen LogP contribution is 2.26. The number of carbonyl (C=O) groups is 11. The molecule has 1 aromatic carbocycles. The number of benzene rings is 1. The predicted molar refractivity (Wildman–Crippen MR) is 352 cm³/mol. The number of cyclic esters (lactones) is 1. The summed E-state index contributed by atoms with van der Waals surface area (Å²) in [5.74, 6) is -10.2. The zero-order valence-corrected chi connectivity index (χ0v) is 60.5. The monoisotopic (exact) mass is 1310 g/mol. The third kappa shape index (κ3) is 22.1. The van der Waals surface area contributed by atoms with Crippen LogP contribution >= 0.6 is 0 Å². The maximum absolute atomic E-state index is 15.8. The van der Waals surface area contributed by atoms with Crippen LogP contribution in [0.3, 0.4) is 0 Å². The lowest BCUT2D eigenvalue weighted by atomic mass is 9.95. The number of rotatable bonds is 23. The van der Waals surface area contributed by atoms with Gasteiger partial charge >= 0.3 is 11.9 Å². The van der Waals surface area contributed by atoms with E-state index in [9.17, 15) is 43.5 Å². The second kappa shape index (κ2) is 36.1. The quantitative estimate of drug-likeness (QED) is 0.133. The van der Waals surface area contributed by atoms with Crippen molar-refractivity contribution < 1.29 is 76.8 Å². The lowest BCUT2D eigenvalue weighted by molar-refractivity contribution is -0.171. The smallest absolute Gasteiger partial charge is 0.328 e. The number of ether oxygens (including phenoxy) is 4. The molecule has 1 heterocycles. The first-order valence-electron chi connectivity index (χ1n) is 32.4. The molecule has 2 rings (SSSR count). The first kappa shape index (κ1) is 82.2. The van der Waals surface area contributed by atoms with Crippen LogP contribution in [0.5, 0.6) is 5.75 Å². The van der Waals surface area contributed by atoms with Crippen molar-refractivity contribution in [1.82, 2.24) is 49.8 Å². The molecule has 3 N–H and O–H groups in total. The Morgan fingerprint density at radius 3 is 1.69 bits per heavy atom. The van der Waals surface area contributed by atoms with Gasteiger partial charge < -0.3 is 69.0 Å². The van der Waals surface area contributed by atoms with E-state index in [1.54, 1.807) is 98.7 Å². The minimum atomic E-state index is -1.83. The first-order valence-corrected chi connectivity index (χ1v) is 32.4. The fourth-order valence-electron chi connectivity index (χ4n) is 11.3. The van der Waals surface area contributed by atoms with Crippen molar-refractivity contribution in [2.75, 3.05) is 83.8 Å². The summed E-state index contributed by atoms with van der Waals surface area (Å²) in [7, 11) is 14.2. The molecule has 93 heavy (non-hydrogen) atoms. The van der Waals surface area contributed by atoms with E-state index < -0.39 is 168 Å². The van der Waals surface area contributed by atoms with Gasteiger partial charge in [0.2, 0.25) is 47.3 Å².